The number of hydrogen-bond acceptors (Lipinski definition) is 4. The van der Waals surface area contributed by atoms with E-state index in [-0.39, 0.29) is 24.8 Å². The molecule has 3 atom stereocenters. The fourth-order valence-electron chi connectivity index (χ4n) is 2.25. The van der Waals surface area contributed by atoms with Crippen molar-refractivity contribution in [2.45, 2.75) is 17.4 Å². The highest BCUT2D eigenvalue weighted by Gasteiger charge is 2.44. The Morgan fingerprint density at radius 1 is 1.33 bits per heavy atom. The molecule has 96 valence electrons. The zero-order valence-electron chi connectivity index (χ0n) is 9.27. The minimum absolute atomic E-state index is 0.134. The zero-order valence-corrected chi connectivity index (χ0v) is 12.2. The Morgan fingerprint density at radius 3 is 2.89 bits per heavy atom. The van der Waals surface area contributed by atoms with Crippen molar-refractivity contribution in [2.24, 2.45) is 0 Å². The minimum atomic E-state index is -0.634. The average Bonchev–Trinajstić information content (AvgIpc) is 2.94. The molecule has 1 saturated heterocycles. The van der Waals surface area contributed by atoms with Crippen molar-refractivity contribution in [3.63, 3.8) is 0 Å². The van der Waals surface area contributed by atoms with Crippen molar-refractivity contribution in [3.05, 3.63) is 23.8 Å². The molecule has 1 aromatic carbocycles. The number of carbonyl (C=O) groups is 1. The van der Waals surface area contributed by atoms with Gasteiger partial charge in [0.2, 0.25) is 6.79 Å². The molecule has 1 fully saturated rings. The van der Waals surface area contributed by atoms with Gasteiger partial charge in [0.05, 0.1) is 0 Å². The van der Waals surface area contributed by atoms with Gasteiger partial charge in [0, 0.05) is 10.3 Å². The smallest absolute Gasteiger partial charge is 0.325 e. The second kappa shape index (κ2) is 4.77. The third-order valence-electron chi connectivity index (χ3n) is 3.14. The maximum atomic E-state index is 11.5. The second-order valence-corrected chi connectivity index (χ2v) is 5.52. The Labute approximate surface area is 123 Å². The Bertz CT molecular complexity index is 493. The molecule has 0 radical (unpaired) electrons. The molecule has 6 heteroatoms. The largest absolute Gasteiger partial charge is 0.460 e. The molecule has 0 saturated carbocycles. The highest BCUT2D eigenvalue weighted by Crippen LogP contribution is 2.41. The summed E-state index contributed by atoms with van der Waals surface area (Å²) < 4.78 is 16.6. The molecule has 0 N–H and O–H groups in total. The topological polar surface area (TPSA) is 44.8 Å². The summed E-state index contributed by atoms with van der Waals surface area (Å²) in [4.78, 5) is 11.5. The molecule has 0 unspecified atom stereocenters. The fraction of sp³-hybridized carbons (Fsp3) is 0.417. The van der Waals surface area contributed by atoms with Gasteiger partial charge in [-0.05, 0) is 17.7 Å². The van der Waals surface area contributed by atoms with E-state index in [2.05, 4.69) is 22.6 Å². The van der Waals surface area contributed by atoms with Crippen LogP contribution < -0.4 is 9.47 Å². The molecular formula is C12H10ClIO4. The Hall–Kier alpha value is -0.690. The van der Waals surface area contributed by atoms with Crippen molar-refractivity contribution in [2.75, 3.05) is 11.2 Å². The first kappa shape index (κ1) is 12.3. The van der Waals surface area contributed by atoms with Crippen LogP contribution in [0.3, 0.4) is 0 Å². The van der Waals surface area contributed by atoms with Gasteiger partial charge in [0.1, 0.15) is 11.5 Å². The highest BCUT2D eigenvalue weighted by molar-refractivity contribution is 14.1. The number of halogens is 2. The first-order valence-electron chi connectivity index (χ1n) is 5.51. The quantitative estimate of drug-likeness (QED) is 0.449. The summed E-state index contributed by atoms with van der Waals surface area (Å²) in [5.41, 5.74) is 0.951. The molecule has 18 heavy (non-hydrogen) atoms. The van der Waals surface area contributed by atoms with E-state index in [1.54, 1.807) is 0 Å². The van der Waals surface area contributed by atoms with E-state index >= 15 is 0 Å². The predicted octanol–water partition coefficient (Wildman–Crippen LogP) is 2.47. The average molecular weight is 381 g/mol. The van der Waals surface area contributed by atoms with Gasteiger partial charge in [-0.15, -0.1) is 11.6 Å². The van der Waals surface area contributed by atoms with Crippen molar-refractivity contribution in [1.82, 2.24) is 0 Å². The van der Waals surface area contributed by atoms with Crippen molar-refractivity contribution in [3.8, 4) is 11.5 Å². The van der Waals surface area contributed by atoms with Gasteiger partial charge in [-0.1, -0.05) is 28.7 Å². The van der Waals surface area contributed by atoms with Gasteiger partial charge in [-0.3, -0.25) is 4.79 Å². The Kier molecular flexibility index (Phi) is 3.27. The molecular weight excluding hydrogens is 370 g/mol. The van der Waals surface area contributed by atoms with Gasteiger partial charge >= 0.3 is 5.97 Å². The lowest BCUT2D eigenvalue weighted by atomic mass is 9.92. The first-order chi connectivity index (χ1) is 8.70. The maximum Gasteiger partial charge on any atom is 0.325 e. The molecule has 2 aliphatic rings. The number of esters is 1. The molecule has 0 aliphatic carbocycles. The normalized spacial score (nSPS) is 29.4. The van der Waals surface area contributed by atoms with Crippen molar-refractivity contribution >= 4 is 40.2 Å². The summed E-state index contributed by atoms with van der Waals surface area (Å²) in [6.45, 7) is 0.235. The van der Waals surface area contributed by atoms with Crippen LogP contribution in [0, 0.1) is 0 Å². The van der Waals surface area contributed by atoms with E-state index in [0.717, 1.165) is 11.3 Å². The lowest BCUT2D eigenvalue weighted by Crippen LogP contribution is -2.20. The number of carbonyl (C=O) groups excluding carboxylic acids is 1. The van der Waals surface area contributed by atoms with Crippen LogP contribution in [0.25, 0.3) is 0 Å². The summed E-state index contributed by atoms with van der Waals surface area (Å²) >= 11 is 8.33. The highest BCUT2D eigenvalue weighted by atomic mass is 127. The molecule has 0 aromatic heterocycles. The summed E-state index contributed by atoms with van der Waals surface area (Å²) in [5.74, 6) is 0.940. The third-order valence-corrected chi connectivity index (χ3v) is 4.46. The van der Waals surface area contributed by atoms with Crippen LogP contribution in [0.1, 0.15) is 11.5 Å². The van der Waals surface area contributed by atoms with Gasteiger partial charge < -0.3 is 14.2 Å². The molecule has 2 aliphatic heterocycles. The van der Waals surface area contributed by atoms with Crippen LogP contribution in [0.5, 0.6) is 11.5 Å². The van der Waals surface area contributed by atoms with Crippen LogP contribution in [0.4, 0.5) is 0 Å². The summed E-state index contributed by atoms with van der Waals surface area (Å²) in [6.07, 6.45) is -0.180. The summed E-state index contributed by atoms with van der Waals surface area (Å²) in [6, 6.07) is 5.63. The van der Waals surface area contributed by atoms with Crippen molar-refractivity contribution in [1.29, 1.82) is 0 Å². The standard InChI is InChI=1S/C12H10ClIO4/c13-11-10(9(4-14)18-12(11)15)6-1-2-7-8(3-6)17-5-16-7/h1-3,9-11H,4-5H2/t9-,10-,11+/m1/s1. The minimum Gasteiger partial charge on any atom is -0.460 e. The molecule has 0 spiro atoms. The number of rotatable bonds is 2. The fourth-order valence-corrected chi connectivity index (χ4v) is 3.34. The van der Waals surface area contributed by atoms with E-state index in [0.29, 0.717) is 10.2 Å². The Morgan fingerprint density at radius 2 is 2.11 bits per heavy atom. The first-order valence-corrected chi connectivity index (χ1v) is 7.47. The second-order valence-electron chi connectivity index (χ2n) is 4.17. The van der Waals surface area contributed by atoms with Gasteiger partial charge in [-0.2, -0.15) is 0 Å². The van der Waals surface area contributed by atoms with E-state index in [9.17, 15) is 4.79 Å². The molecule has 4 nitrogen and oxygen atoms in total. The van der Waals surface area contributed by atoms with Gasteiger partial charge in [0.15, 0.2) is 11.5 Å². The molecule has 3 rings (SSSR count). The number of ether oxygens (including phenoxy) is 3. The van der Waals surface area contributed by atoms with E-state index in [4.69, 9.17) is 25.8 Å². The number of cyclic esters (lactones) is 1. The number of alkyl halides is 2. The molecule has 0 bridgehead atoms. The SMILES string of the molecule is O=C1O[C@H](CI)[C@@H](c2ccc3c(c2)OCO3)[C@@H]1Cl. The van der Waals surface area contributed by atoms with Gasteiger partial charge in [-0.25, -0.2) is 0 Å². The Balaban J connectivity index is 1.96. The summed E-state index contributed by atoms with van der Waals surface area (Å²) in [7, 11) is 0. The number of benzene rings is 1. The monoisotopic (exact) mass is 380 g/mol. The van der Waals surface area contributed by atoms with Crippen LogP contribution in [0.15, 0.2) is 18.2 Å². The van der Waals surface area contributed by atoms with Crippen LogP contribution in [-0.4, -0.2) is 28.7 Å². The maximum absolute atomic E-state index is 11.5. The van der Waals surface area contributed by atoms with E-state index < -0.39 is 5.38 Å². The van der Waals surface area contributed by atoms with Crippen LogP contribution in [-0.2, 0) is 9.53 Å². The third kappa shape index (κ3) is 1.93. The predicted molar refractivity (Wildman–Crippen MR) is 73.7 cm³/mol. The molecule has 2 heterocycles. The van der Waals surface area contributed by atoms with Gasteiger partial charge in [0.25, 0.3) is 0 Å². The number of hydrogen-bond donors (Lipinski definition) is 0. The number of fused-ring (bicyclic) bond motifs is 1. The lowest BCUT2D eigenvalue weighted by Gasteiger charge is -2.17. The van der Waals surface area contributed by atoms with Crippen molar-refractivity contribution < 1.29 is 19.0 Å². The molecule has 0 amide bonds. The van der Waals surface area contributed by atoms with Crippen LogP contribution >= 0.6 is 34.2 Å². The zero-order chi connectivity index (χ0) is 12.7. The van der Waals surface area contributed by atoms with Crippen LogP contribution in [0.2, 0.25) is 0 Å². The lowest BCUT2D eigenvalue weighted by molar-refractivity contribution is -0.140. The van der Waals surface area contributed by atoms with E-state index in [1.165, 1.54) is 0 Å². The molecule has 1 aromatic rings. The van der Waals surface area contributed by atoms with E-state index in [1.807, 2.05) is 18.2 Å². The summed E-state index contributed by atoms with van der Waals surface area (Å²) in [5, 5.41) is -0.634.